The minimum atomic E-state index is -0.400. The molecule has 1 spiro atoms. The Balaban J connectivity index is 1.84. The first-order valence-corrected chi connectivity index (χ1v) is 5.73. The summed E-state index contributed by atoms with van der Waals surface area (Å²) >= 11 is 0. The Morgan fingerprint density at radius 3 is 2.67 bits per heavy atom. The van der Waals surface area contributed by atoms with Crippen LogP contribution in [-0.4, -0.2) is 30.8 Å². The molecule has 1 saturated heterocycles. The summed E-state index contributed by atoms with van der Waals surface area (Å²) in [6.45, 7) is 7.83. The largest absolute Gasteiger partial charge is 0.444 e. The molecule has 0 aromatic carbocycles. The first-order valence-electron chi connectivity index (χ1n) is 5.73. The van der Waals surface area contributed by atoms with Gasteiger partial charge in [-0.05, 0) is 33.6 Å². The standard InChI is InChI=1S/C11H20N2O2/c1-10(2,3)15-9(14)13-8-6-12-7-11(8)4-5-11/h8,12H,4-7H2,1-3H3,(H,13,14)/p+1/t8-/m0/s1. The highest BCUT2D eigenvalue weighted by Crippen LogP contribution is 2.48. The molecule has 1 heterocycles. The molecule has 86 valence electrons. The van der Waals surface area contributed by atoms with E-state index < -0.39 is 5.60 Å². The van der Waals surface area contributed by atoms with Crippen molar-refractivity contribution in [2.75, 3.05) is 13.1 Å². The zero-order valence-corrected chi connectivity index (χ0v) is 9.80. The maximum Gasteiger partial charge on any atom is 0.408 e. The topological polar surface area (TPSA) is 54.9 Å². The number of hydrogen-bond acceptors (Lipinski definition) is 2. The zero-order valence-electron chi connectivity index (χ0n) is 9.80. The number of carbonyl (C=O) groups excluding carboxylic acids is 1. The molecule has 1 aliphatic carbocycles. The number of carbonyl (C=O) groups is 1. The Morgan fingerprint density at radius 2 is 2.13 bits per heavy atom. The van der Waals surface area contributed by atoms with Gasteiger partial charge in [0.2, 0.25) is 0 Å². The molecule has 4 nitrogen and oxygen atoms in total. The lowest BCUT2D eigenvalue weighted by Gasteiger charge is -2.22. The van der Waals surface area contributed by atoms with Crippen molar-refractivity contribution in [1.29, 1.82) is 0 Å². The molecule has 0 unspecified atom stereocenters. The molecule has 1 aliphatic heterocycles. The van der Waals surface area contributed by atoms with Gasteiger partial charge in [-0.1, -0.05) is 0 Å². The van der Waals surface area contributed by atoms with Gasteiger partial charge in [0.1, 0.15) is 5.60 Å². The average Bonchev–Trinajstić information content (AvgIpc) is 2.70. The average molecular weight is 213 g/mol. The van der Waals surface area contributed by atoms with E-state index in [4.69, 9.17) is 4.74 Å². The number of amides is 1. The Bertz CT molecular complexity index is 266. The molecule has 1 amide bonds. The van der Waals surface area contributed by atoms with Gasteiger partial charge >= 0.3 is 6.09 Å². The van der Waals surface area contributed by atoms with E-state index in [0.29, 0.717) is 11.5 Å². The van der Waals surface area contributed by atoms with Crippen LogP contribution in [0.2, 0.25) is 0 Å². The van der Waals surface area contributed by atoms with Crippen LogP contribution in [0, 0.1) is 5.41 Å². The fourth-order valence-corrected chi connectivity index (χ4v) is 2.30. The van der Waals surface area contributed by atoms with Gasteiger partial charge in [0.15, 0.2) is 0 Å². The number of ether oxygens (including phenoxy) is 1. The van der Waals surface area contributed by atoms with Crippen molar-refractivity contribution in [3.63, 3.8) is 0 Å². The lowest BCUT2D eigenvalue weighted by Crippen LogP contribution is -2.82. The molecular weight excluding hydrogens is 192 g/mol. The molecule has 1 saturated carbocycles. The highest BCUT2D eigenvalue weighted by atomic mass is 16.6. The van der Waals surface area contributed by atoms with Crippen molar-refractivity contribution in [1.82, 2.24) is 5.32 Å². The second kappa shape index (κ2) is 3.37. The van der Waals surface area contributed by atoms with Crippen molar-refractivity contribution >= 4 is 6.09 Å². The van der Waals surface area contributed by atoms with Gasteiger partial charge in [0, 0.05) is 5.41 Å². The summed E-state index contributed by atoms with van der Waals surface area (Å²) in [6.07, 6.45) is 2.24. The Labute approximate surface area is 90.8 Å². The van der Waals surface area contributed by atoms with Gasteiger partial charge < -0.3 is 15.4 Å². The Hall–Kier alpha value is -0.770. The van der Waals surface area contributed by atoms with Crippen molar-refractivity contribution in [2.24, 2.45) is 5.41 Å². The van der Waals surface area contributed by atoms with E-state index in [0.717, 1.165) is 13.1 Å². The van der Waals surface area contributed by atoms with Crippen LogP contribution in [-0.2, 0) is 4.74 Å². The van der Waals surface area contributed by atoms with Crippen LogP contribution in [0.3, 0.4) is 0 Å². The molecule has 1 atom stereocenters. The van der Waals surface area contributed by atoms with Gasteiger partial charge in [-0.2, -0.15) is 0 Å². The fraction of sp³-hybridized carbons (Fsp3) is 0.909. The predicted molar refractivity (Wildman–Crippen MR) is 56.5 cm³/mol. The quantitative estimate of drug-likeness (QED) is 0.655. The summed E-state index contributed by atoms with van der Waals surface area (Å²) < 4.78 is 5.26. The fourth-order valence-electron chi connectivity index (χ4n) is 2.30. The molecule has 0 aromatic rings. The summed E-state index contributed by atoms with van der Waals surface area (Å²) in [5.41, 5.74) is 0.0000203. The minimum absolute atomic E-state index is 0.269. The van der Waals surface area contributed by atoms with Crippen molar-refractivity contribution in [2.45, 2.75) is 45.3 Å². The van der Waals surface area contributed by atoms with E-state index in [2.05, 4.69) is 10.6 Å². The number of nitrogens with two attached hydrogens (primary N) is 1. The first kappa shape index (κ1) is 10.7. The third-order valence-corrected chi connectivity index (χ3v) is 3.28. The van der Waals surface area contributed by atoms with Gasteiger partial charge in [-0.3, -0.25) is 0 Å². The summed E-state index contributed by atoms with van der Waals surface area (Å²) in [7, 11) is 0. The molecule has 0 radical (unpaired) electrons. The summed E-state index contributed by atoms with van der Waals surface area (Å²) in [5, 5.41) is 5.28. The lowest BCUT2D eigenvalue weighted by atomic mass is 10.0. The van der Waals surface area contributed by atoms with E-state index in [9.17, 15) is 4.79 Å². The van der Waals surface area contributed by atoms with E-state index in [1.165, 1.54) is 12.8 Å². The van der Waals surface area contributed by atoms with Gasteiger partial charge in [0.25, 0.3) is 0 Å². The second-order valence-electron chi connectivity index (χ2n) is 5.79. The summed E-state index contributed by atoms with van der Waals surface area (Å²) in [4.78, 5) is 11.6. The van der Waals surface area contributed by atoms with E-state index in [-0.39, 0.29) is 6.09 Å². The second-order valence-corrected chi connectivity index (χ2v) is 5.79. The molecule has 0 aromatic heterocycles. The van der Waals surface area contributed by atoms with Crippen LogP contribution in [0.1, 0.15) is 33.6 Å². The van der Waals surface area contributed by atoms with Crippen LogP contribution in [0.5, 0.6) is 0 Å². The zero-order chi connectivity index (χ0) is 11.1. The van der Waals surface area contributed by atoms with Crippen LogP contribution in [0.4, 0.5) is 4.79 Å². The van der Waals surface area contributed by atoms with Gasteiger partial charge in [-0.25, -0.2) is 4.79 Å². The Kier molecular flexibility index (Phi) is 2.41. The monoisotopic (exact) mass is 213 g/mol. The predicted octanol–water partition coefficient (Wildman–Crippen LogP) is 0.237. The number of rotatable bonds is 1. The normalized spacial score (nSPS) is 27.8. The third-order valence-electron chi connectivity index (χ3n) is 3.28. The van der Waals surface area contributed by atoms with Gasteiger partial charge in [0.05, 0.1) is 19.1 Å². The molecule has 2 aliphatic rings. The minimum Gasteiger partial charge on any atom is -0.444 e. The molecule has 15 heavy (non-hydrogen) atoms. The molecule has 0 bridgehead atoms. The summed E-state index contributed by atoms with van der Waals surface area (Å²) in [6, 6.07) is 0.312. The van der Waals surface area contributed by atoms with Crippen molar-refractivity contribution in [3.8, 4) is 0 Å². The smallest absolute Gasteiger partial charge is 0.408 e. The SMILES string of the molecule is CC(C)(C)OC(=O)N[C@H]1C[NH2+]CC12CC2. The third kappa shape index (κ3) is 2.43. The Morgan fingerprint density at radius 1 is 1.47 bits per heavy atom. The number of quaternary nitrogens is 1. The molecular formula is C11H21N2O2+. The molecule has 4 heteroatoms. The summed E-state index contributed by atoms with van der Waals surface area (Å²) in [5.74, 6) is 0. The molecule has 3 N–H and O–H groups in total. The van der Waals surface area contributed by atoms with Crippen molar-refractivity contribution < 1.29 is 14.8 Å². The van der Waals surface area contributed by atoms with Crippen LogP contribution in [0.25, 0.3) is 0 Å². The number of hydrogen-bond donors (Lipinski definition) is 2. The van der Waals surface area contributed by atoms with Crippen LogP contribution >= 0.6 is 0 Å². The maximum absolute atomic E-state index is 11.6. The molecule has 2 rings (SSSR count). The number of nitrogens with one attached hydrogen (secondary N) is 1. The van der Waals surface area contributed by atoms with E-state index >= 15 is 0 Å². The first-order chi connectivity index (χ1) is 6.91. The van der Waals surface area contributed by atoms with Crippen LogP contribution < -0.4 is 10.6 Å². The van der Waals surface area contributed by atoms with E-state index in [1.54, 1.807) is 0 Å². The van der Waals surface area contributed by atoms with Crippen LogP contribution in [0.15, 0.2) is 0 Å². The van der Waals surface area contributed by atoms with E-state index in [1.807, 2.05) is 20.8 Å². The van der Waals surface area contributed by atoms with Gasteiger partial charge in [-0.15, -0.1) is 0 Å². The van der Waals surface area contributed by atoms with Crippen molar-refractivity contribution in [3.05, 3.63) is 0 Å². The highest BCUT2D eigenvalue weighted by Gasteiger charge is 2.56. The highest BCUT2D eigenvalue weighted by molar-refractivity contribution is 5.68. The maximum atomic E-state index is 11.6. The lowest BCUT2D eigenvalue weighted by molar-refractivity contribution is -0.639. The molecule has 2 fully saturated rings. The number of alkyl carbamates (subject to hydrolysis) is 1.